The first-order chi connectivity index (χ1) is 13.0. The molecule has 0 aromatic heterocycles. The number of carbonyl (C=O) groups is 3. The van der Waals surface area contributed by atoms with E-state index in [0.29, 0.717) is 6.42 Å². The van der Waals surface area contributed by atoms with Crippen LogP contribution in [0.5, 0.6) is 0 Å². The van der Waals surface area contributed by atoms with Gasteiger partial charge in [0.1, 0.15) is 12.6 Å². The molecule has 2 atom stereocenters. The van der Waals surface area contributed by atoms with Crippen LogP contribution in [-0.4, -0.2) is 41.4 Å². The van der Waals surface area contributed by atoms with Crippen LogP contribution in [0.2, 0.25) is 0 Å². The van der Waals surface area contributed by atoms with Crippen LogP contribution in [0.4, 0.5) is 10.5 Å². The van der Waals surface area contributed by atoms with Gasteiger partial charge in [0.2, 0.25) is 5.91 Å². The van der Waals surface area contributed by atoms with Crippen LogP contribution >= 0.6 is 0 Å². The minimum atomic E-state index is -0.629. The standard InChI is InChI=1S/C21H21N3O3/c1-14-11-16-9-5-6-10-18(16)24(14)19(25)13-23-20(26)17(22-21(23)27)12-15-7-3-2-4-8-15/h2-10,14,17H,11-13H2,1H3,(H,22,27)/t14-,17+/m0/s1. The van der Waals surface area contributed by atoms with Crippen molar-refractivity contribution in [2.45, 2.75) is 31.8 Å². The third kappa shape index (κ3) is 3.18. The summed E-state index contributed by atoms with van der Waals surface area (Å²) in [7, 11) is 0. The van der Waals surface area contributed by atoms with Crippen molar-refractivity contribution in [3.63, 3.8) is 0 Å². The van der Waals surface area contributed by atoms with Crippen molar-refractivity contribution in [1.29, 1.82) is 0 Å². The van der Waals surface area contributed by atoms with Gasteiger partial charge in [-0.05, 0) is 30.5 Å². The molecule has 0 unspecified atom stereocenters. The van der Waals surface area contributed by atoms with Crippen LogP contribution in [0.15, 0.2) is 54.6 Å². The summed E-state index contributed by atoms with van der Waals surface area (Å²) in [6.45, 7) is 1.73. The van der Waals surface area contributed by atoms with E-state index in [1.807, 2.05) is 61.5 Å². The average molecular weight is 363 g/mol. The number of rotatable bonds is 4. The number of carbonyl (C=O) groups excluding carboxylic acids is 3. The smallest absolute Gasteiger partial charge is 0.325 e. The first kappa shape index (κ1) is 17.3. The summed E-state index contributed by atoms with van der Waals surface area (Å²) in [5, 5.41) is 2.70. The quantitative estimate of drug-likeness (QED) is 0.846. The van der Waals surface area contributed by atoms with Gasteiger partial charge in [0.25, 0.3) is 5.91 Å². The van der Waals surface area contributed by atoms with Gasteiger partial charge < -0.3 is 10.2 Å². The van der Waals surface area contributed by atoms with Crippen molar-refractivity contribution in [3.8, 4) is 0 Å². The zero-order valence-corrected chi connectivity index (χ0v) is 15.1. The number of hydrogen-bond donors (Lipinski definition) is 1. The molecule has 1 saturated heterocycles. The van der Waals surface area contributed by atoms with Crippen molar-refractivity contribution < 1.29 is 14.4 Å². The molecule has 0 saturated carbocycles. The Morgan fingerprint density at radius 3 is 2.56 bits per heavy atom. The van der Waals surface area contributed by atoms with Gasteiger partial charge >= 0.3 is 6.03 Å². The lowest BCUT2D eigenvalue weighted by Gasteiger charge is -2.24. The summed E-state index contributed by atoms with van der Waals surface area (Å²) >= 11 is 0. The fourth-order valence-electron chi connectivity index (χ4n) is 3.87. The number of imide groups is 1. The Balaban J connectivity index is 1.47. The Morgan fingerprint density at radius 2 is 1.78 bits per heavy atom. The van der Waals surface area contributed by atoms with E-state index in [0.717, 1.165) is 28.1 Å². The van der Waals surface area contributed by atoms with Gasteiger partial charge in [0.05, 0.1) is 0 Å². The molecule has 27 heavy (non-hydrogen) atoms. The van der Waals surface area contributed by atoms with E-state index in [-0.39, 0.29) is 24.4 Å². The first-order valence-electron chi connectivity index (χ1n) is 9.10. The van der Waals surface area contributed by atoms with Crippen molar-refractivity contribution in [1.82, 2.24) is 10.2 Å². The summed E-state index contributed by atoms with van der Waals surface area (Å²) in [4.78, 5) is 40.6. The lowest BCUT2D eigenvalue weighted by atomic mass is 10.1. The molecule has 1 N–H and O–H groups in total. The number of benzene rings is 2. The molecular weight excluding hydrogens is 342 g/mol. The Morgan fingerprint density at radius 1 is 1.07 bits per heavy atom. The van der Waals surface area contributed by atoms with Crippen LogP contribution in [0.3, 0.4) is 0 Å². The average Bonchev–Trinajstić information content (AvgIpc) is 3.13. The van der Waals surface area contributed by atoms with Crippen LogP contribution in [-0.2, 0) is 22.4 Å². The minimum absolute atomic E-state index is 0.00998. The predicted molar refractivity (Wildman–Crippen MR) is 101 cm³/mol. The second-order valence-electron chi connectivity index (χ2n) is 7.06. The predicted octanol–water partition coefficient (Wildman–Crippen LogP) is 2.13. The van der Waals surface area contributed by atoms with E-state index in [9.17, 15) is 14.4 Å². The lowest BCUT2D eigenvalue weighted by molar-refractivity contribution is -0.131. The molecule has 2 heterocycles. The van der Waals surface area contributed by atoms with E-state index in [1.54, 1.807) is 4.90 Å². The van der Waals surface area contributed by atoms with Gasteiger partial charge in [-0.1, -0.05) is 48.5 Å². The van der Waals surface area contributed by atoms with Gasteiger partial charge in [-0.3, -0.25) is 14.5 Å². The minimum Gasteiger partial charge on any atom is -0.325 e. The zero-order valence-electron chi connectivity index (χ0n) is 15.1. The van der Waals surface area contributed by atoms with Crippen molar-refractivity contribution in [2.24, 2.45) is 0 Å². The van der Waals surface area contributed by atoms with E-state index in [1.165, 1.54) is 0 Å². The monoisotopic (exact) mass is 363 g/mol. The third-order valence-corrected chi connectivity index (χ3v) is 5.16. The third-order valence-electron chi connectivity index (χ3n) is 5.16. The van der Waals surface area contributed by atoms with Crippen molar-refractivity contribution in [2.75, 3.05) is 11.4 Å². The number of para-hydroxylation sites is 1. The maximum absolute atomic E-state index is 12.9. The zero-order chi connectivity index (χ0) is 19.0. The van der Waals surface area contributed by atoms with E-state index < -0.39 is 12.1 Å². The molecule has 6 nitrogen and oxygen atoms in total. The van der Waals surface area contributed by atoms with E-state index >= 15 is 0 Å². The highest BCUT2D eigenvalue weighted by Gasteiger charge is 2.41. The van der Waals surface area contributed by atoms with Gasteiger partial charge in [0, 0.05) is 18.2 Å². The fraction of sp³-hybridized carbons (Fsp3) is 0.286. The summed E-state index contributed by atoms with van der Waals surface area (Å²) < 4.78 is 0. The molecule has 0 spiro atoms. The Hall–Kier alpha value is -3.15. The van der Waals surface area contributed by atoms with Crippen LogP contribution in [0.25, 0.3) is 0 Å². The highest BCUT2D eigenvalue weighted by molar-refractivity contribution is 6.08. The molecule has 0 radical (unpaired) electrons. The van der Waals surface area contributed by atoms with E-state index in [2.05, 4.69) is 5.32 Å². The topological polar surface area (TPSA) is 69.7 Å². The van der Waals surface area contributed by atoms with Crippen LogP contribution in [0.1, 0.15) is 18.1 Å². The van der Waals surface area contributed by atoms with E-state index in [4.69, 9.17) is 0 Å². The summed E-state index contributed by atoms with van der Waals surface area (Å²) in [5.41, 5.74) is 2.94. The fourth-order valence-corrected chi connectivity index (χ4v) is 3.87. The largest absolute Gasteiger partial charge is 0.325 e. The Bertz CT molecular complexity index is 897. The number of nitrogens with one attached hydrogen (secondary N) is 1. The van der Waals surface area contributed by atoms with Crippen LogP contribution < -0.4 is 10.2 Å². The molecule has 0 aliphatic carbocycles. The van der Waals surface area contributed by atoms with Gasteiger partial charge in [0.15, 0.2) is 0 Å². The van der Waals surface area contributed by atoms with Gasteiger partial charge in [-0.25, -0.2) is 4.79 Å². The van der Waals surface area contributed by atoms with Crippen molar-refractivity contribution in [3.05, 3.63) is 65.7 Å². The first-order valence-corrected chi connectivity index (χ1v) is 9.10. The highest BCUT2D eigenvalue weighted by Crippen LogP contribution is 2.32. The molecule has 2 aliphatic rings. The molecule has 6 heteroatoms. The molecule has 2 aromatic carbocycles. The highest BCUT2D eigenvalue weighted by atomic mass is 16.2. The normalized spacial score (nSPS) is 21.4. The second-order valence-corrected chi connectivity index (χ2v) is 7.06. The molecular formula is C21H21N3O3. The number of urea groups is 1. The molecule has 4 amide bonds. The Kier molecular flexibility index (Phi) is 4.39. The maximum Gasteiger partial charge on any atom is 0.325 e. The number of nitrogens with zero attached hydrogens (tertiary/aromatic N) is 2. The SMILES string of the molecule is C[C@H]1Cc2ccccc2N1C(=O)CN1C(=O)N[C@H](Cc2ccccc2)C1=O. The maximum atomic E-state index is 12.9. The second kappa shape index (κ2) is 6.87. The summed E-state index contributed by atoms with van der Waals surface area (Å²) in [6, 6.07) is 16.1. The lowest BCUT2D eigenvalue weighted by Crippen LogP contribution is -2.45. The molecule has 2 aliphatic heterocycles. The van der Waals surface area contributed by atoms with Crippen molar-refractivity contribution >= 4 is 23.5 Å². The number of fused-ring (bicyclic) bond motifs is 1. The number of hydrogen-bond acceptors (Lipinski definition) is 3. The number of anilines is 1. The van der Waals surface area contributed by atoms with Crippen LogP contribution in [0, 0.1) is 0 Å². The molecule has 138 valence electrons. The summed E-state index contributed by atoms with van der Waals surface area (Å²) in [6.07, 6.45) is 1.19. The van der Waals surface area contributed by atoms with Gasteiger partial charge in [-0.2, -0.15) is 0 Å². The molecule has 1 fully saturated rings. The molecule has 4 rings (SSSR count). The molecule has 0 bridgehead atoms. The molecule has 2 aromatic rings. The number of amides is 4. The Labute approximate surface area is 157 Å². The van der Waals surface area contributed by atoms with Gasteiger partial charge in [-0.15, -0.1) is 0 Å². The summed E-state index contributed by atoms with van der Waals surface area (Å²) in [5.74, 6) is -0.589.